The van der Waals surface area contributed by atoms with Crippen LogP contribution in [0.4, 0.5) is 22.2 Å². The number of benzene rings is 2. The molecule has 1 aliphatic carbocycles. The number of fused-ring (bicyclic) bond motifs is 1. The van der Waals surface area contributed by atoms with E-state index < -0.39 is 0 Å². The topological polar surface area (TPSA) is 107 Å². The van der Waals surface area contributed by atoms with Gasteiger partial charge in [-0.15, -0.1) is 0 Å². The SMILES string of the molecule is CC(Oc1ccc2ncc(-c3cnc(Nc4ccc(C(=O)Nc5ccccc5N)cc4)s3)n2c1)C1CC1. The Bertz CT molecular complexity index is 1570. The zero-order valence-electron chi connectivity index (χ0n) is 20.2. The van der Waals surface area contributed by atoms with Gasteiger partial charge in [-0.2, -0.15) is 0 Å². The average Bonchev–Trinajstić information content (AvgIpc) is 3.53. The first-order valence-electron chi connectivity index (χ1n) is 12.2. The molecule has 1 aliphatic rings. The smallest absolute Gasteiger partial charge is 0.255 e. The Morgan fingerprint density at radius 2 is 1.89 bits per heavy atom. The lowest BCUT2D eigenvalue weighted by molar-refractivity contribution is 0.102. The van der Waals surface area contributed by atoms with E-state index in [-0.39, 0.29) is 12.0 Å². The van der Waals surface area contributed by atoms with Gasteiger partial charge in [0, 0.05) is 17.4 Å². The number of nitrogens with zero attached hydrogens (tertiary/aromatic N) is 3. The molecule has 0 radical (unpaired) electrons. The van der Waals surface area contributed by atoms with Crippen molar-refractivity contribution in [2.75, 3.05) is 16.4 Å². The van der Waals surface area contributed by atoms with Crippen molar-refractivity contribution in [2.45, 2.75) is 25.9 Å². The lowest BCUT2D eigenvalue weighted by Gasteiger charge is -2.14. The number of aromatic nitrogens is 3. The molecule has 3 heterocycles. The molecule has 8 nitrogen and oxygen atoms in total. The lowest BCUT2D eigenvalue weighted by Crippen LogP contribution is -2.14. The van der Waals surface area contributed by atoms with Crippen LogP contribution < -0.4 is 21.1 Å². The Morgan fingerprint density at radius 1 is 1.08 bits per heavy atom. The minimum Gasteiger partial charge on any atom is -0.489 e. The van der Waals surface area contributed by atoms with Gasteiger partial charge in [0.2, 0.25) is 0 Å². The van der Waals surface area contributed by atoms with Gasteiger partial charge in [0.05, 0.1) is 40.4 Å². The van der Waals surface area contributed by atoms with E-state index in [2.05, 4.69) is 27.5 Å². The zero-order valence-corrected chi connectivity index (χ0v) is 21.0. The van der Waals surface area contributed by atoms with Gasteiger partial charge in [0.25, 0.3) is 5.91 Å². The molecule has 0 aliphatic heterocycles. The lowest BCUT2D eigenvalue weighted by atomic mass is 10.2. The highest BCUT2D eigenvalue weighted by molar-refractivity contribution is 7.18. The summed E-state index contributed by atoms with van der Waals surface area (Å²) in [6.45, 7) is 2.13. The molecule has 0 spiro atoms. The Balaban J connectivity index is 1.15. The summed E-state index contributed by atoms with van der Waals surface area (Å²) in [7, 11) is 0. The van der Waals surface area contributed by atoms with Crippen LogP contribution in [0.15, 0.2) is 79.3 Å². The summed E-state index contributed by atoms with van der Waals surface area (Å²) in [6.07, 6.45) is 8.40. The summed E-state index contributed by atoms with van der Waals surface area (Å²) in [5.74, 6) is 1.29. The third-order valence-electron chi connectivity index (χ3n) is 6.45. The monoisotopic (exact) mass is 510 g/mol. The van der Waals surface area contributed by atoms with Crippen LogP contribution in [0.25, 0.3) is 16.2 Å². The van der Waals surface area contributed by atoms with Crippen molar-refractivity contribution in [1.29, 1.82) is 0 Å². The maximum Gasteiger partial charge on any atom is 0.255 e. The highest BCUT2D eigenvalue weighted by Gasteiger charge is 2.29. The summed E-state index contributed by atoms with van der Waals surface area (Å²) in [5, 5.41) is 6.90. The molecule has 2 aromatic carbocycles. The molecule has 9 heteroatoms. The third-order valence-corrected chi connectivity index (χ3v) is 7.39. The number of ether oxygens (including phenoxy) is 1. The Kier molecular flexibility index (Phi) is 5.97. The van der Waals surface area contributed by atoms with Gasteiger partial charge in [-0.3, -0.25) is 9.20 Å². The number of para-hydroxylation sites is 2. The molecule has 37 heavy (non-hydrogen) atoms. The highest BCUT2D eigenvalue weighted by atomic mass is 32.1. The van der Waals surface area contributed by atoms with Crippen molar-refractivity contribution < 1.29 is 9.53 Å². The molecule has 5 aromatic rings. The van der Waals surface area contributed by atoms with Crippen LogP contribution >= 0.6 is 11.3 Å². The first kappa shape index (κ1) is 23.1. The first-order valence-corrected chi connectivity index (χ1v) is 13.0. The largest absolute Gasteiger partial charge is 0.489 e. The van der Waals surface area contributed by atoms with Crippen LogP contribution in [-0.4, -0.2) is 26.4 Å². The van der Waals surface area contributed by atoms with E-state index in [4.69, 9.17) is 10.5 Å². The van der Waals surface area contributed by atoms with Crippen LogP contribution in [0.5, 0.6) is 5.75 Å². The number of rotatable bonds is 8. The van der Waals surface area contributed by atoms with E-state index in [1.165, 1.54) is 24.2 Å². The van der Waals surface area contributed by atoms with Crippen molar-refractivity contribution in [3.63, 3.8) is 0 Å². The minimum absolute atomic E-state index is 0.219. The molecule has 0 bridgehead atoms. The average molecular weight is 511 g/mol. The fraction of sp³-hybridized carbons (Fsp3) is 0.179. The van der Waals surface area contributed by atoms with E-state index in [0.29, 0.717) is 22.9 Å². The summed E-state index contributed by atoms with van der Waals surface area (Å²) < 4.78 is 8.19. The van der Waals surface area contributed by atoms with Crippen LogP contribution in [0.1, 0.15) is 30.1 Å². The molecular formula is C28H26N6O2S. The number of pyridine rings is 1. The van der Waals surface area contributed by atoms with Gasteiger partial charge < -0.3 is 21.1 Å². The van der Waals surface area contributed by atoms with Crippen molar-refractivity contribution in [2.24, 2.45) is 5.92 Å². The number of amides is 1. The maximum atomic E-state index is 12.6. The summed E-state index contributed by atoms with van der Waals surface area (Å²) in [4.78, 5) is 22.6. The molecule has 1 amide bonds. The summed E-state index contributed by atoms with van der Waals surface area (Å²) >= 11 is 1.53. The van der Waals surface area contributed by atoms with E-state index in [1.54, 1.807) is 24.3 Å². The number of thiazole rings is 1. The summed E-state index contributed by atoms with van der Waals surface area (Å²) in [6, 6.07) is 18.4. The van der Waals surface area contributed by atoms with E-state index in [1.807, 2.05) is 59.4 Å². The van der Waals surface area contributed by atoms with Crippen molar-refractivity contribution >= 4 is 45.1 Å². The van der Waals surface area contributed by atoms with Gasteiger partial charge in [-0.25, -0.2) is 9.97 Å². The van der Waals surface area contributed by atoms with Gasteiger partial charge in [-0.1, -0.05) is 23.5 Å². The van der Waals surface area contributed by atoms with Crippen LogP contribution in [0.2, 0.25) is 0 Å². The maximum absolute atomic E-state index is 12.6. The van der Waals surface area contributed by atoms with Gasteiger partial charge in [0.1, 0.15) is 11.4 Å². The fourth-order valence-corrected chi connectivity index (χ4v) is 5.02. The van der Waals surface area contributed by atoms with E-state index in [0.717, 1.165) is 32.8 Å². The third kappa shape index (κ3) is 4.99. The number of carbonyl (C=O) groups is 1. The molecule has 1 unspecified atom stereocenters. The molecule has 1 atom stereocenters. The minimum atomic E-state index is -0.219. The predicted octanol–water partition coefficient (Wildman–Crippen LogP) is 6.21. The molecule has 1 fully saturated rings. The number of imidazole rings is 1. The number of anilines is 4. The number of hydrogen-bond donors (Lipinski definition) is 3. The Morgan fingerprint density at radius 3 is 2.68 bits per heavy atom. The van der Waals surface area contributed by atoms with Crippen LogP contribution in [-0.2, 0) is 0 Å². The zero-order chi connectivity index (χ0) is 25.4. The second-order valence-electron chi connectivity index (χ2n) is 9.17. The van der Waals surface area contributed by atoms with Gasteiger partial charge >= 0.3 is 0 Å². The standard InChI is InChI=1S/C28H26N6O2S/c1-17(18-6-7-18)36-21-12-13-26-30-14-24(34(26)16-21)25-15-31-28(37-25)32-20-10-8-19(9-11-20)27(35)33-23-5-3-2-4-22(23)29/h2-5,8-18H,6-7,29H2,1H3,(H,31,32)(H,33,35). The molecule has 186 valence electrons. The van der Waals surface area contributed by atoms with Gasteiger partial charge in [-0.05, 0) is 74.2 Å². The quantitative estimate of drug-likeness (QED) is 0.214. The predicted molar refractivity (Wildman–Crippen MR) is 148 cm³/mol. The number of carbonyl (C=O) groups excluding carboxylic acids is 1. The van der Waals surface area contributed by atoms with Crippen LogP contribution in [0, 0.1) is 5.92 Å². The van der Waals surface area contributed by atoms with E-state index >= 15 is 0 Å². The second kappa shape index (κ2) is 9.59. The van der Waals surface area contributed by atoms with Gasteiger partial charge in [0.15, 0.2) is 5.13 Å². The Labute approximate surface area is 218 Å². The molecule has 6 rings (SSSR count). The highest BCUT2D eigenvalue weighted by Crippen LogP contribution is 2.35. The first-order chi connectivity index (χ1) is 18.0. The fourth-order valence-electron chi connectivity index (χ4n) is 4.17. The Hall–Kier alpha value is -4.37. The van der Waals surface area contributed by atoms with Crippen molar-refractivity contribution in [3.8, 4) is 16.3 Å². The molecule has 3 aromatic heterocycles. The van der Waals surface area contributed by atoms with E-state index in [9.17, 15) is 4.79 Å². The second-order valence-corrected chi connectivity index (χ2v) is 10.2. The number of nitrogens with two attached hydrogens (primary N) is 1. The molecular weight excluding hydrogens is 484 g/mol. The number of hydrogen-bond acceptors (Lipinski definition) is 7. The molecule has 0 saturated heterocycles. The summed E-state index contributed by atoms with van der Waals surface area (Å²) in [5.41, 5.74) is 10.2. The number of nitrogen functional groups attached to an aromatic ring is 1. The van der Waals surface area contributed by atoms with Crippen LogP contribution in [0.3, 0.4) is 0 Å². The molecule has 4 N–H and O–H groups in total. The normalized spacial score (nSPS) is 13.9. The number of nitrogens with one attached hydrogen (secondary N) is 2. The van der Waals surface area contributed by atoms with Crippen molar-refractivity contribution in [3.05, 3.63) is 84.8 Å². The molecule has 1 saturated carbocycles. The van der Waals surface area contributed by atoms with Crippen molar-refractivity contribution in [1.82, 2.24) is 14.4 Å².